The van der Waals surface area contributed by atoms with E-state index in [1.165, 1.54) is 70.6 Å². The Morgan fingerprint density at radius 2 is 1.37 bits per heavy atom. The third-order valence-corrected chi connectivity index (χ3v) is 5.57. The molecule has 1 N–H and O–H groups in total. The van der Waals surface area contributed by atoms with Crippen LogP contribution in [0.3, 0.4) is 0 Å². The minimum atomic E-state index is -0.418. The van der Waals surface area contributed by atoms with Crippen LogP contribution in [-0.4, -0.2) is 24.0 Å². The van der Waals surface area contributed by atoms with E-state index in [2.05, 4.69) is 19.2 Å². The number of hydrogen-bond acceptors (Lipinski definition) is 3. The van der Waals surface area contributed by atoms with Gasteiger partial charge in [-0.2, -0.15) is 0 Å². The number of carbonyl (C=O) groups is 2. The molecule has 0 aromatic rings. The van der Waals surface area contributed by atoms with E-state index >= 15 is 0 Å². The largest absolute Gasteiger partial charge is 0.461 e. The first kappa shape index (κ1) is 24.0. The van der Waals surface area contributed by atoms with E-state index in [-0.39, 0.29) is 18.0 Å². The summed E-state index contributed by atoms with van der Waals surface area (Å²) in [6.07, 6.45) is 19.5. The van der Waals surface area contributed by atoms with Crippen LogP contribution in [0.25, 0.3) is 0 Å². The van der Waals surface area contributed by atoms with Crippen LogP contribution >= 0.6 is 0 Å². The molecule has 1 saturated heterocycles. The third-order valence-electron chi connectivity index (χ3n) is 5.57. The molecule has 0 radical (unpaired) electrons. The van der Waals surface area contributed by atoms with E-state index in [9.17, 15) is 9.59 Å². The molecule has 158 valence electrons. The van der Waals surface area contributed by atoms with Crippen molar-refractivity contribution in [2.45, 2.75) is 135 Å². The lowest BCUT2D eigenvalue weighted by molar-refractivity contribution is -0.152. The van der Waals surface area contributed by atoms with Gasteiger partial charge in [0.05, 0.1) is 0 Å². The van der Waals surface area contributed by atoms with E-state index in [0.29, 0.717) is 12.8 Å². The fourth-order valence-corrected chi connectivity index (χ4v) is 3.78. The number of nitrogens with one attached hydrogen (secondary N) is 1. The van der Waals surface area contributed by atoms with E-state index < -0.39 is 6.04 Å². The Morgan fingerprint density at radius 1 is 0.889 bits per heavy atom. The molecule has 1 unspecified atom stereocenters. The molecule has 0 aromatic carbocycles. The van der Waals surface area contributed by atoms with Crippen LogP contribution in [0.4, 0.5) is 0 Å². The molecule has 0 spiro atoms. The lowest BCUT2D eigenvalue weighted by Crippen LogP contribution is -2.36. The Kier molecular flexibility index (Phi) is 14.2. The monoisotopic (exact) mass is 381 g/mol. The quantitative estimate of drug-likeness (QED) is 0.246. The SMILES string of the molecule is CCCCCCCCCC(CCCCCCCC)OC(=O)[C@@H]1CCC(=O)N1. The van der Waals surface area contributed by atoms with Gasteiger partial charge in [-0.3, -0.25) is 4.79 Å². The molecule has 1 amide bonds. The first-order valence-electron chi connectivity index (χ1n) is 11.7. The normalized spacial score (nSPS) is 17.7. The number of carbonyl (C=O) groups excluding carboxylic acids is 2. The summed E-state index contributed by atoms with van der Waals surface area (Å²) < 4.78 is 5.80. The van der Waals surface area contributed by atoms with Crippen molar-refractivity contribution < 1.29 is 14.3 Å². The van der Waals surface area contributed by atoms with Gasteiger partial charge < -0.3 is 10.1 Å². The second-order valence-electron chi connectivity index (χ2n) is 8.18. The summed E-state index contributed by atoms with van der Waals surface area (Å²) in [5, 5.41) is 2.73. The highest BCUT2D eigenvalue weighted by Gasteiger charge is 2.30. The van der Waals surface area contributed by atoms with Gasteiger partial charge in [-0.15, -0.1) is 0 Å². The fourth-order valence-electron chi connectivity index (χ4n) is 3.78. The van der Waals surface area contributed by atoms with Gasteiger partial charge in [-0.25, -0.2) is 4.79 Å². The molecule has 27 heavy (non-hydrogen) atoms. The van der Waals surface area contributed by atoms with Crippen molar-refractivity contribution in [3.8, 4) is 0 Å². The van der Waals surface area contributed by atoms with Crippen molar-refractivity contribution >= 4 is 11.9 Å². The van der Waals surface area contributed by atoms with Gasteiger partial charge in [-0.1, -0.05) is 84.5 Å². The van der Waals surface area contributed by atoms with Gasteiger partial charge in [0.2, 0.25) is 5.91 Å². The minimum absolute atomic E-state index is 0.0248. The zero-order valence-corrected chi connectivity index (χ0v) is 17.9. The van der Waals surface area contributed by atoms with Crippen LogP contribution in [-0.2, 0) is 14.3 Å². The van der Waals surface area contributed by atoms with Crippen molar-refractivity contribution in [1.82, 2.24) is 5.32 Å². The fraction of sp³-hybridized carbons (Fsp3) is 0.913. The average Bonchev–Trinajstić information content (AvgIpc) is 3.10. The van der Waals surface area contributed by atoms with Crippen LogP contribution in [0.1, 0.15) is 123 Å². The lowest BCUT2D eigenvalue weighted by Gasteiger charge is -2.20. The summed E-state index contributed by atoms with van der Waals surface area (Å²) in [5.74, 6) is -0.253. The molecule has 1 aliphatic heterocycles. The molecule has 0 aliphatic carbocycles. The summed E-state index contributed by atoms with van der Waals surface area (Å²) in [6.45, 7) is 4.48. The summed E-state index contributed by atoms with van der Waals surface area (Å²) in [6, 6.07) is -0.418. The zero-order valence-electron chi connectivity index (χ0n) is 17.9. The lowest BCUT2D eigenvalue weighted by atomic mass is 10.0. The molecule has 4 nitrogen and oxygen atoms in total. The summed E-state index contributed by atoms with van der Waals surface area (Å²) in [5.41, 5.74) is 0. The molecule has 0 bridgehead atoms. The highest BCUT2D eigenvalue weighted by molar-refractivity contribution is 5.88. The van der Waals surface area contributed by atoms with E-state index in [0.717, 1.165) is 25.7 Å². The molecule has 1 aliphatic rings. The molecule has 0 aromatic heterocycles. The van der Waals surface area contributed by atoms with Crippen LogP contribution < -0.4 is 5.32 Å². The summed E-state index contributed by atoms with van der Waals surface area (Å²) in [4.78, 5) is 23.7. The van der Waals surface area contributed by atoms with Gasteiger partial charge in [0.15, 0.2) is 0 Å². The molecule has 1 rings (SSSR count). The van der Waals surface area contributed by atoms with E-state index in [4.69, 9.17) is 4.74 Å². The Labute approximate surface area is 167 Å². The molecule has 1 fully saturated rings. The minimum Gasteiger partial charge on any atom is -0.461 e. The third kappa shape index (κ3) is 12.1. The molecular weight excluding hydrogens is 338 g/mol. The van der Waals surface area contributed by atoms with Gasteiger partial charge in [-0.05, 0) is 32.1 Å². The standard InChI is InChI=1S/C23H43NO3/c1-3-5-7-9-11-13-15-17-20(16-14-12-10-8-6-4-2)27-23(26)21-18-19-22(25)24-21/h20-21H,3-19H2,1-2H3,(H,24,25)/t20?,21-/m0/s1. The number of rotatable bonds is 17. The van der Waals surface area contributed by atoms with Crippen molar-refractivity contribution in [2.75, 3.05) is 0 Å². The van der Waals surface area contributed by atoms with E-state index in [1.807, 2.05) is 0 Å². The Bertz CT molecular complexity index is 397. The molecule has 2 atom stereocenters. The maximum atomic E-state index is 12.3. The summed E-state index contributed by atoms with van der Waals surface area (Å²) in [7, 11) is 0. The van der Waals surface area contributed by atoms with Crippen LogP contribution in [0.2, 0.25) is 0 Å². The molecular formula is C23H43NO3. The predicted molar refractivity (Wildman–Crippen MR) is 112 cm³/mol. The highest BCUT2D eigenvalue weighted by Crippen LogP contribution is 2.19. The first-order valence-corrected chi connectivity index (χ1v) is 11.7. The molecule has 0 saturated carbocycles. The average molecular weight is 382 g/mol. The Balaban J connectivity index is 2.27. The number of amides is 1. The number of ether oxygens (including phenoxy) is 1. The highest BCUT2D eigenvalue weighted by atomic mass is 16.5. The Morgan fingerprint density at radius 3 is 1.81 bits per heavy atom. The zero-order chi connectivity index (χ0) is 19.7. The smallest absolute Gasteiger partial charge is 0.328 e. The van der Waals surface area contributed by atoms with E-state index in [1.54, 1.807) is 0 Å². The summed E-state index contributed by atoms with van der Waals surface area (Å²) >= 11 is 0. The molecule has 1 heterocycles. The van der Waals surface area contributed by atoms with Crippen molar-refractivity contribution in [3.63, 3.8) is 0 Å². The van der Waals surface area contributed by atoms with Gasteiger partial charge in [0.25, 0.3) is 0 Å². The van der Waals surface area contributed by atoms with Gasteiger partial charge in [0.1, 0.15) is 12.1 Å². The van der Waals surface area contributed by atoms with Crippen molar-refractivity contribution in [3.05, 3.63) is 0 Å². The first-order chi connectivity index (χ1) is 13.2. The van der Waals surface area contributed by atoms with Gasteiger partial charge >= 0.3 is 5.97 Å². The van der Waals surface area contributed by atoms with Crippen molar-refractivity contribution in [1.29, 1.82) is 0 Å². The molecule has 4 heteroatoms. The maximum Gasteiger partial charge on any atom is 0.328 e. The Hall–Kier alpha value is -1.06. The number of esters is 1. The maximum absolute atomic E-state index is 12.3. The van der Waals surface area contributed by atoms with Gasteiger partial charge in [0, 0.05) is 6.42 Å². The van der Waals surface area contributed by atoms with Crippen LogP contribution in [0.15, 0.2) is 0 Å². The number of hydrogen-bond donors (Lipinski definition) is 1. The van der Waals surface area contributed by atoms with Crippen molar-refractivity contribution in [2.24, 2.45) is 0 Å². The second-order valence-corrected chi connectivity index (χ2v) is 8.18. The topological polar surface area (TPSA) is 55.4 Å². The second kappa shape index (κ2) is 15.9. The van der Waals surface area contributed by atoms with Crippen LogP contribution in [0, 0.1) is 0 Å². The number of unbranched alkanes of at least 4 members (excludes halogenated alkanes) is 11. The van der Waals surface area contributed by atoms with Crippen LogP contribution in [0.5, 0.6) is 0 Å². The predicted octanol–water partition coefficient (Wildman–Crippen LogP) is 6.07.